The van der Waals surface area contributed by atoms with Crippen LogP contribution >= 0.6 is 0 Å². The third kappa shape index (κ3) is 3.53. The number of fused-ring (bicyclic) bond motifs is 4. The van der Waals surface area contributed by atoms with Crippen molar-refractivity contribution in [1.29, 1.82) is 0 Å². The molecule has 5 aromatic rings. The molecule has 6 nitrogen and oxygen atoms in total. The van der Waals surface area contributed by atoms with Crippen molar-refractivity contribution in [2.45, 2.75) is 19.9 Å². The summed E-state index contributed by atoms with van der Waals surface area (Å²) in [6, 6.07) is 22.8. The number of anilines is 1. The molecule has 0 fully saturated rings. The molecule has 0 unspecified atom stereocenters. The second-order valence-electron chi connectivity index (χ2n) is 7.49. The maximum atomic E-state index is 12.6. The first-order valence-corrected chi connectivity index (χ1v) is 10.1. The van der Waals surface area contributed by atoms with Crippen LogP contribution in [0.25, 0.3) is 33.1 Å². The maximum Gasteiger partial charge on any atom is 0.226 e. The van der Waals surface area contributed by atoms with Crippen LogP contribution in [-0.2, 0) is 11.3 Å². The van der Waals surface area contributed by atoms with Crippen LogP contribution in [0.1, 0.15) is 23.7 Å². The van der Waals surface area contributed by atoms with Gasteiger partial charge in [-0.25, -0.2) is 9.97 Å². The summed E-state index contributed by atoms with van der Waals surface area (Å²) >= 11 is 0. The Balaban J connectivity index is 1.47. The van der Waals surface area contributed by atoms with Crippen LogP contribution in [0, 0.1) is 0 Å². The van der Waals surface area contributed by atoms with E-state index < -0.39 is 0 Å². The van der Waals surface area contributed by atoms with E-state index in [1.165, 1.54) is 6.92 Å². The summed E-state index contributed by atoms with van der Waals surface area (Å²) < 4.78 is 2.05. The number of para-hydroxylation sites is 3. The molecule has 0 spiro atoms. The first-order chi connectivity index (χ1) is 15.1. The van der Waals surface area contributed by atoms with Gasteiger partial charge in [0.2, 0.25) is 5.91 Å². The Bertz CT molecular complexity index is 1470. The molecule has 2 aromatic heterocycles. The van der Waals surface area contributed by atoms with Gasteiger partial charge in [0.25, 0.3) is 0 Å². The van der Waals surface area contributed by atoms with E-state index in [0.717, 1.165) is 33.1 Å². The molecule has 2 heterocycles. The standard InChI is InChI=1S/C25H20N4O2/c1-16(30)17-7-6-8-18(15-17)26-23(31)13-14-29-22-12-5-2-9-19(22)24-25(29)28-21-11-4-3-10-20(21)27-24/h2-12,15H,13-14H2,1H3,(H,26,31). The normalized spacial score (nSPS) is 11.3. The molecule has 0 aliphatic rings. The number of nitrogens with one attached hydrogen (secondary N) is 1. The van der Waals surface area contributed by atoms with Gasteiger partial charge < -0.3 is 9.88 Å². The Hall–Kier alpha value is -4.06. The van der Waals surface area contributed by atoms with Crippen molar-refractivity contribution in [3.8, 4) is 0 Å². The Morgan fingerprint density at radius 2 is 1.65 bits per heavy atom. The van der Waals surface area contributed by atoms with E-state index in [2.05, 4.69) is 9.88 Å². The van der Waals surface area contributed by atoms with Gasteiger partial charge in [0.15, 0.2) is 11.4 Å². The van der Waals surface area contributed by atoms with Gasteiger partial charge in [0.05, 0.1) is 16.6 Å². The Kier molecular flexibility index (Phi) is 4.67. The molecule has 5 rings (SSSR count). The minimum atomic E-state index is -0.125. The predicted molar refractivity (Wildman–Crippen MR) is 122 cm³/mol. The fraction of sp³-hybridized carbons (Fsp3) is 0.120. The average molecular weight is 408 g/mol. The van der Waals surface area contributed by atoms with E-state index >= 15 is 0 Å². The summed E-state index contributed by atoms with van der Waals surface area (Å²) in [6.45, 7) is 1.98. The third-order valence-electron chi connectivity index (χ3n) is 5.37. The van der Waals surface area contributed by atoms with Gasteiger partial charge in [-0.1, -0.05) is 42.5 Å². The van der Waals surface area contributed by atoms with E-state index in [0.29, 0.717) is 17.8 Å². The van der Waals surface area contributed by atoms with E-state index in [1.54, 1.807) is 24.3 Å². The number of hydrogen-bond acceptors (Lipinski definition) is 4. The molecule has 0 saturated heterocycles. The molecule has 6 heteroatoms. The lowest BCUT2D eigenvalue weighted by Gasteiger charge is -2.09. The molecule has 1 amide bonds. The lowest BCUT2D eigenvalue weighted by molar-refractivity contribution is -0.116. The highest BCUT2D eigenvalue weighted by Crippen LogP contribution is 2.28. The number of aryl methyl sites for hydroxylation is 1. The number of amides is 1. The van der Waals surface area contributed by atoms with Gasteiger partial charge >= 0.3 is 0 Å². The fourth-order valence-corrected chi connectivity index (χ4v) is 3.86. The van der Waals surface area contributed by atoms with Gasteiger partial charge in [0, 0.05) is 29.6 Å². The van der Waals surface area contributed by atoms with Gasteiger partial charge in [-0.2, -0.15) is 0 Å². The first kappa shape index (κ1) is 18.9. The predicted octanol–water partition coefficient (Wildman–Crippen LogP) is 4.97. The second kappa shape index (κ2) is 7.65. The van der Waals surface area contributed by atoms with E-state index in [4.69, 9.17) is 9.97 Å². The van der Waals surface area contributed by atoms with Crippen LogP contribution < -0.4 is 5.32 Å². The molecule has 0 bridgehead atoms. The van der Waals surface area contributed by atoms with Crippen molar-refractivity contribution in [2.75, 3.05) is 5.32 Å². The highest BCUT2D eigenvalue weighted by atomic mass is 16.1. The third-order valence-corrected chi connectivity index (χ3v) is 5.37. The Morgan fingerprint density at radius 3 is 2.45 bits per heavy atom. The molecular weight excluding hydrogens is 388 g/mol. The monoisotopic (exact) mass is 408 g/mol. The molecule has 1 N–H and O–H groups in total. The fourth-order valence-electron chi connectivity index (χ4n) is 3.86. The highest BCUT2D eigenvalue weighted by Gasteiger charge is 2.15. The smallest absolute Gasteiger partial charge is 0.226 e. The number of carbonyl (C=O) groups excluding carboxylic acids is 2. The first-order valence-electron chi connectivity index (χ1n) is 10.1. The van der Waals surface area contributed by atoms with Crippen LogP contribution in [-0.4, -0.2) is 26.2 Å². The lowest BCUT2D eigenvalue weighted by Crippen LogP contribution is -2.15. The summed E-state index contributed by atoms with van der Waals surface area (Å²) in [5.41, 5.74) is 5.47. The van der Waals surface area contributed by atoms with E-state index in [1.807, 2.05) is 48.5 Å². The quantitative estimate of drug-likeness (QED) is 0.417. The zero-order valence-corrected chi connectivity index (χ0v) is 17.0. The molecule has 0 aliphatic heterocycles. The van der Waals surface area contributed by atoms with Crippen LogP contribution in [0.4, 0.5) is 5.69 Å². The number of hydrogen-bond donors (Lipinski definition) is 1. The van der Waals surface area contributed by atoms with Crippen LogP contribution in [0.2, 0.25) is 0 Å². The van der Waals surface area contributed by atoms with Gasteiger partial charge in [0.1, 0.15) is 5.52 Å². The number of Topliss-reactive ketones (excluding diaryl/α,β-unsaturated/α-hetero) is 1. The van der Waals surface area contributed by atoms with Crippen molar-refractivity contribution < 1.29 is 9.59 Å². The van der Waals surface area contributed by atoms with Crippen LogP contribution in [0.5, 0.6) is 0 Å². The summed E-state index contributed by atoms with van der Waals surface area (Å²) in [6.07, 6.45) is 0.270. The summed E-state index contributed by atoms with van der Waals surface area (Å²) in [5.74, 6) is -0.160. The summed E-state index contributed by atoms with van der Waals surface area (Å²) in [4.78, 5) is 33.9. The topological polar surface area (TPSA) is 76.9 Å². The molecule has 0 atom stereocenters. The largest absolute Gasteiger partial charge is 0.326 e. The van der Waals surface area contributed by atoms with E-state index in [-0.39, 0.29) is 18.1 Å². The summed E-state index contributed by atoms with van der Waals surface area (Å²) in [7, 11) is 0. The minimum absolute atomic E-state index is 0.0350. The average Bonchev–Trinajstić information content (AvgIpc) is 3.09. The number of benzene rings is 3. The molecule has 0 radical (unpaired) electrons. The Morgan fingerprint density at radius 1 is 0.903 bits per heavy atom. The Labute approximate surface area is 178 Å². The highest BCUT2D eigenvalue weighted by molar-refractivity contribution is 6.06. The molecule has 31 heavy (non-hydrogen) atoms. The molecule has 0 aliphatic carbocycles. The maximum absolute atomic E-state index is 12.6. The zero-order chi connectivity index (χ0) is 21.4. The molecule has 152 valence electrons. The van der Waals surface area contributed by atoms with Gasteiger partial charge in [-0.15, -0.1) is 0 Å². The second-order valence-corrected chi connectivity index (χ2v) is 7.49. The van der Waals surface area contributed by atoms with E-state index in [9.17, 15) is 9.59 Å². The zero-order valence-electron chi connectivity index (χ0n) is 17.0. The number of aromatic nitrogens is 3. The van der Waals surface area contributed by atoms with Crippen molar-refractivity contribution in [3.63, 3.8) is 0 Å². The van der Waals surface area contributed by atoms with Crippen LogP contribution in [0.15, 0.2) is 72.8 Å². The number of ketones is 1. The molecular formula is C25H20N4O2. The SMILES string of the molecule is CC(=O)c1cccc(NC(=O)CCn2c3ccccc3c3nc4ccccc4nc32)c1. The van der Waals surface area contributed by atoms with Gasteiger partial charge in [-0.05, 0) is 37.3 Å². The number of nitrogens with zero attached hydrogens (tertiary/aromatic N) is 3. The van der Waals surface area contributed by atoms with Crippen molar-refractivity contribution in [3.05, 3.63) is 78.4 Å². The van der Waals surface area contributed by atoms with Gasteiger partial charge in [-0.3, -0.25) is 9.59 Å². The lowest BCUT2D eigenvalue weighted by atomic mass is 10.1. The van der Waals surface area contributed by atoms with Crippen molar-refractivity contribution in [2.24, 2.45) is 0 Å². The van der Waals surface area contributed by atoms with Crippen molar-refractivity contribution in [1.82, 2.24) is 14.5 Å². The molecule has 0 saturated carbocycles. The minimum Gasteiger partial charge on any atom is -0.326 e. The summed E-state index contributed by atoms with van der Waals surface area (Å²) in [5, 5.41) is 3.90. The van der Waals surface area contributed by atoms with Crippen molar-refractivity contribution >= 4 is 50.5 Å². The van der Waals surface area contributed by atoms with Crippen LogP contribution in [0.3, 0.4) is 0 Å². The molecule has 3 aromatic carbocycles. The number of rotatable bonds is 5. The number of carbonyl (C=O) groups is 2.